The number of carbonyl (C=O) groups is 1. The lowest BCUT2D eigenvalue weighted by Crippen LogP contribution is -2.49. The highest BCUT2D eigenvalue weighted by Gasteiger charge is 2.24. The molecule has 0 bridgehead atoms. The molecule has 0 unspecified atom stereocenters. The number of nitrogens with zero attached hydrogens (tertiary/aromatic N) is 6. The Morgan fingerprint density at radius 3 is 2.65 bits per heavy atom. The van der Waals surface area contributed by atoms with E-state index in [9.17, 15) is 4.79 Å². The molecule has 0 spiro atoms. The van der Waals surface area contributed by atoms with Gasteiger partial charge in [-0.2, -0.15) is 5.10 Å². The van der Waals surface area contributed by atoms with Crippen molar-refractivity contribution in [2.24, 2.45) is 0 Å². The third-order valence-corrected chi connectivity index (χ3v) is 5.80. The number of pyridine rings is 1. The average Bonchev–Trinajstić information content (AvgIpc) is 3.36. The molecule has 31 heavy (non-hydrogen) atoms. The summed E-state index contributed by atoms with van der Waals surface area (Å²) >= 11 is 0. The van der Waals surface area contributed by atoms with Crippen molar-refractivity contribution in [2.45, 2.75) is 20.4 Å². The van der Waals surface area contributed by atoms with Crippen LogP contribution in [0.1, 0.15) is 11.4 Å². The normalized spacial score (nSPS) is 14.4. The molecule has 4 heterocycles. The molecule has 3 aromatic heterocycles. The highest BCUT2D eigenvalue weighted by Crippen LogP contribution is 2.30. The van der Waals surface area contributed by atoms with Crippen LogP contribution in [0.2, 0.25) is 0 Å². The molecule has 1 aliphatic heterocycles. The monoisotopic (exact) mass is 415 g/mol. The van der Waals surface area contributed by atoms with Crippen LogP contribution in [0.15, 0.2) is 48.8 Å². The fourth-order valence-electron chi connectivity index (χ4n) is 4.19. The van der Waals surface area contributed by atoms with Gasteiger partial charge in [-0.15, -0.1) is 0 Å². The molecule has 0 aliphatic carbocycles. The SMILES string of the molecule is Cc1cc(C)n(CC(=O)N2CCN(c3ccccc3-c3nc4ccncc4[nH]3)CC2)n1. The van der Waals surface area contributed by atoms with Crippen LogP contribution in [-0.2, 0) is 11.3 Å². The van der Waals surface area contributed by atoms with E-state index in [0.717, 1.165) is 52.6 Å². The third-order valence-electron chi connectivity index (χ3n) is 5.80. The van der Waals surface area contributed by atoms with Crippen LogP contribution in [0.5, 0.6) is 0 Å². The van der Waals surface area contributed by atoms with Gasteiger partial charge in [0.15, 0.2) is 0 Å². The topological polar surface area (TPSA) is 82.9 Å². The van der Waals surface area contributed by atoms with Gasteiger partial charge in [-0.3, -0.25) is 14.5 Å². The molecule has 0 atom stereocenters. The van der Waals surface area contributed by atoms with Gasteiger partial charge in [0.25, 0.3) is 0 Å². The average molecular weight is 416 g/mol. The lowest BCUT2D eigenvalue weighted by Gasteiger charge is -2.37. The van der Waals surface area contributed by atoms with Gasteiger partial charge < -0.3 is 14.8 Å². The Kier molecular flexibility index (Phi) is 4.89. The van der Waals surface area contributed by atoms with Gasteiger partial charge in [0, 0.05) is 49.3 Å². The Balaban J connectivity index is 1.31. The molecule has 1 aromatic carbocycles. The Bertz CT molecular complexity index is 1200. The maximum absolute atomic E-state index is 12.8. The smallest absolute Gasteiger partial charge is 0.244 e. The van der Waals surface area contributed by atoms with Crippen LogP contribution < -0.4 is 4.90 Å². The molecule has 8 nitrogen and oxygen atoms in total. The van der Waals surface area contributed by atoms with Crippen LogP contribution in [-0.4, -0.2) is 61.7 Å². The Morgan fingerprint density at radius 2 is 1.90 bits per heavy atom. The summed E-state index contributed by atoms with van der Waals surface area (Å²) in [4.78, 5) is 29.3. The van der Waals surface area contributed by atoms with Crippen molar-refractivity contribution in [3.05, 3.63) is 60.2 Å². The van der Waals surface area contributed by atoms with Crippen molar-refractivity contribution in [2.75, 3.05) is 31.1 Å². The Hall–Kier alpha value is -3.68. The second kappa shape index (κ2) is 7.86. The van der Waals surface area contributed by atoms with E-state index < -0.39 is 0 Å². The maximum atomic E-state index is 12.8. The minimum absolute atomic E-state index is 0.115. The number of aromatic nitrogens is 5. The van der Waals surface area contributed by atoms with Crippen LogP contribution in [0.25, 0.3) is 22.4 Å². The number of carbonyl (C=O) groups excluding carboxylic acids is 1. The largest absolute Gasteiger partial charge is 0.367 e. The van der Waals surface area contributed by atoms with E-state index in [0.29, 0.717) is 19.6 Å². The number of imidazole rings is 1. The van der Waals surface area contributed by atoms with Crippen molar-refractivity contribution >= 4 is 22.6 Å². The summed E-state index contributed by atoms with van der Waals surface area (Å²) in [6.07, 6.45) is 3.54. The van der Waals surface area contributed by atoms with E-state index in [4.69, 9.17) is 4.98 Å². The number of aryl methyl sites for hydroxylation is 2. The Morgan fingerprint density at radius 1 is 1.10 bits per heavy atom. The lowest BCUT2D eigenvalue weighted by molar-refractivity contribution is -0.132. The van der Waals surface area contributed by atoms with E-state index in [1.54, 1.807) is 17.1 Å². The van der Waals surface area contributed by atoms with Gasteiger partial charge in [0.1, 0.15) is 12.4 Å². The van der Waals surface area contributed by atoms with Crippen LogP contribution >= 0.6 is 0 Å². The number of aromatic amines is 1. The molecule has 4 aromatic rings. The Labute approximate surface area is 180 Å². The molecular weight excluding hydrogens is 390 g/mol. The number of para-hydroxylation sites is 1. The summed E-state index contributed by atoms with van der Waals surface area (Å²) < 4.78 is 1.79. The standard InChI is InChI=1S/C23H25N7O/c1-16-13-17(2)30(27-16)15-22(31)29-11-9-28(10-12-29)21-6-4-3-5-18(21)23-25-19-7-8-24-14-20(19)26-23/h3-8,13-14H,9-12,15H2,1-2H3,(H,25,26). The molecular formula is C23H25N7O. The summed E-state index contributed by atoms with van der Waals surface area (Å²) in [5, 5.41) is 4.41. The van der Waals surface area contributed by atoms with Crippen molar-refractivity contribution in [1.82, 2.24) is 29.6 Å². The second-order valence-electron chi connectivity index (χ2n) is 7.95. The van der Waals surface area contributed by atoms with E-state index in [1.807, 2.05) is 43.0 Å². The van der Waals surface area contributed by atoms with Gasteiger partial charge in [-0.1, -0.05) is 12.1 Å². The van der Waals surface area contributed by atoms with E-state index >= 15 is 0 Å². The van der Waals surface area contributed by atoms with Crippen molar-refractivity contribution in [3.8, 4) is 11.4 Å². The van der Waals surface area contributed by atoms with Crippen LogP contribution in [0.3, 0.4) is 0 Å². The van der Waals surface area contributed by atoms with Gasteiger partial charge >= 0.3 is 0 Å². The second-order valence-corrected chi connectivity index (χ2v) is 7.95. The van der Waals surface area contributed by atoms with Crippen LogP contribution in [0, 0.1) is 13.8 Å². The highest BCUT2D eigenvalue weighted by molar-refractivity contribution is 5.83. The minimum atomic E-state index is 0.115. The lowest BCUT2D eigenvalue weighted by atomic mass is 10.1. The van der Waals surface area contributed by atoms with Gasteiger partial charge in [0.2, 0.25) is 5.91 Å². The maximum Gasteiger partial charge on any atom is 0.244 e. The molecule has 5 rings (SSSR count). The number of benzene rings is 1. The summed E-state index contributed by atoms with van der Waals surface area (Å²) in [5.74, 6) is 0.950. The summed E-state index contributed by atoms with van der Waals surface area (Å²) in [7, 11) is 0. The van der Waals surface area contributed by atoms with Crippen LogP contribution in [0.4, 0.5) is 5.69 Å². The molecule has 158 valence electrons. The summed E-state index contributed by atoms with van der Waals surface area (Å²) in [6.45, 7) is 7.17. The first-order valence-corrected chi connectivity index (χ1v) is 10.5. The molecule has 1 amide bonds. The predicted molar refractivity (Wildman–Crippen MR) is 120 cm³/mol. The highest BCUT2D eigenvalue weighted by atomic mass is 16.2. The quantitative estimate of drug-likeness (QED) is 0.554. The first-order valence-electron chi connectivity index (χ1n) is 10.5. The predicted octanol–water partition coefficient (Wildman–Crippen LogP) is 2.79. The number of anilines is 1. The van der Waals surface area contributed by atoms with E-state index in [1.165, 1.54) is 0 Å². The number of nitrogens with one attached hydrogen (secondary N) is 1. The summed E-state index contributed by atoms with van der Waals surface area (Å²) in [5.41, 5.74) is 5.96. The number of H-pyrrole nitrogens is 1. The number of rotatable bonds is 4. The third kappa shape index (κ3) is 3.76. The molecule has 1 aliphatic rings. The van der Waals surface area contributed by atoms with Crippen molar-refractivity contribution in [1.29, 1.82) is 0 Å². The number of hydrogen-bond acceptors (Lipinski definition) is 5. The van der Waals surface area contributed by atoms with Crippen molar-refractivity contribution < 1.29 is 4.79 Å². The summed E-state index contributed by atoms with van der Waals surface area (Å²) in [6, 6.07) is 12.2. The minimum Gasteiger partial charge on any atom is -0.367 e. The van der Waals surface area contributed by atoms with Crippen molar-refractivity contribution in [3.63, 3.8) is 0 Å². The molecule has 0 saturated carbocycles. The first kappa shape index (κ1) is 19.3. The first-order chi connectivity index (χ1) is 15.1. The fraction of sp³-hybridized carbons (Fsp3) is 0.304. The van der Waals surface area contributed by atoms with Gasteiger partial charge in [-0.05, 0) is 38.1 Å². The van der Waals surface area contributed by atoms with Gasteiger partial charge in [0.05, 0.1) is 22.9 Å². The fourth-order valence-corrected chi connectivity index (χ4v) is 4.19. The van der Waals surface area contributed by atoms with E-state index in [-0.39, 0.29) is 5.91 Å². The molecule has 0 radical (unpaired) electrons. The zero-order chi connectivity index (χ0) is 21.4. The molecule has 1 fully saturated rings. The molecule has 8 heteroatoms. The zero-order valence-electron chi connectivity index (χ0n) is 17.7. The number of amides is 1. The van der Waals surface area contributed by atoms with Gasteiger partial charge in [-0.25, -0.2) is 4.98 Å². The number of hydrogen-bond donors (Lipinski definition) is 1. The molecule has 1 N–H and O–H groups in total. The molecule has 1 saturated heterocycles. The zero-order valence-corrected chi connectivity index (χ0v) is 17.7. The number of fused-ring (bicyclic) bond motifs is 1. The number of piperazine rings is 1. The van der Waals surface area contributed by atoms with E-state index in [2.05, 4.69) is 32.1 Å².